The van der Waals surface area contributed by atoms with E-state index < -0.39 is 0 Å². The molecule has 1 fully saturated rings. The van der Waals surface area contributed by atoms with Crippen LogP contribution in [-0.4, -0.2) is 46.7 Å². The minimum absolute atomic E-state index is 0.0680. The Labute approximate surface area is 160 Å². The van der Waals surface area contributed by atoms with Crippen LogP contribution < -0.4 is 10.2 Å². The van der Waals surface area contributed by atoms with Crippen molar-refractivity contribution in [3.63, 3.8) is 0 Å². The van der Waals surface area contributed by atoms with Crippen molar-refractivity contribution in [2.45, 2.75) is 0 Å². The number of anilines is 2. The van der Waals surface area contributed by atoms with Crippen molar-refractivity contribution in [3.8, 4) is 0 Å². The Balaban J connectivity index is 1.43. The Bertz CT molecular complexity index is 946. The van der Waals surface area contributed by atoms with E-state index in [4.69, 9.17) is 4.98 Å². The van der Waals surface area contributed by atoms with E-state index in [9.17, 15) is 4.79 Å². The fourth-order valence-corrected chi connectivity index (χ4v) is 3.67. The predicted octanol–water partition coefficient (Wildman–Crippen LogP) is 3.69. The lowest BCUT2D eigenvalue weighted by Crippen LogP contribution is -2.50. The Morgan fingerprint density at radius 1 is 1.04 bits per heavy atom. The topological polar surface area (TPSA) is 53.4 Å². The summed E-state index contributed by atoms with van der Waals surface area (Å²) < 4.78 is 3.00. The highest BCUT2D eigenvalue weighted by Crippen LogP contribution is 2.23. The zero-order valence-electron chi connectivity index (χ0n) is 14.5. The first-order valence-corrected chi connectivity index (χ1v) is 9.39. The molecule has 0 saturated carbocycles. The van der Waals surface area contributed by atoms with Crippen LogP contribution in [-0.2, 0) is 7.05 Å². The molecule has 1 saturated heterocycles. The van der Waals surface area contributed by atoms with Gasteiger partial charge in [0, 0.05) is 37.7 Å². The van der Waals surface area contributed by atoms with Crippen molar-refractivity contribution in [1.29, 1.82) is 0 Å². The number of nitrogens with zero attached hydrogens (tertiary/aromatic N) is 4. The highest BCUT2D eigenvalue weighted by molar-refractivity contribution is 9.10. The average molecular weight is 414 g/mol. The summed E-state index contributed by atoms with van der Waals surface area (Å²) in [4.78, 5) is 21.4. The summed E-state index contributed by atoms with van der Waals surface area (Å²) in [6.45, 7) is 2.86. The van der Waals surface area contributed by atoms with Crippen molar-refractivity contribution >= 4 is 44.6 Å². The molecule has 0 radical (unpaired) electrons. The van der Waals surface area contributed by atoms with Gasteiger partial charge in [-0.15, -0.1) is 0 Å². The van der Waals surface area contributed by atoms with E-state index in [2.05, 4.69) is 36.8 Å². The van der Waals surface area contributed by atoms with E-state index in [0.29, 0.717) is 13.1 Å². The quantitative estimate of drug-likeness (QED) is 0.696. The van der Waals surface area contributed by atoms with E-state index in [1.165, 1.54) is 0 Å². The molecule has 0 unspecified atom stereocenters. The number of piperazine rings is 1. The van der Waals surface area contributed by atoms with E-state index in [-0.39, 0.29) is 6.03 Å². The van der Waals surface area contributed by atoms with Crippen LogP contribution in [0, 0.1) is 0 Å². The van der Waals surface area contributed by atoms with Crippen LogP contribution in [0.3, 0.4) is 0 Å². The Morgan fingerprint density at radius 2 is 1.73 bits per heavy atom. The van der Waals surface area contributed by atoms with Crippen LogP contribution in [0.2, 0.25) is 0 Å². The molecule has 0 spiro atoms. The zero-order valence-corrected chi connectivity index (χ0v) is 16.1. The van der Waals surface area contributed by atoms with Crippen LogP contribution in [0.15, 0.2) is 53.0 Å². The standard InChI is InChI=1S/C19H20BrN5O/c1-23-17-9-5-4-8-16(17)21-18(23)24-10-12-25(13-11-24)19(26)22-15-7-3-2-6-14(15)20/h2-9H,10-13H2,1H3,(H,22,26). The molecule has 1 aliphatic rings. The second-order valence-corrected chi connectivity index (χ2v) is 7.20. The predicted molar refractivity (Wildman–Crippen MR) is 108 cm³/mol. The van der Waals surface area contributed by atoms with Gasteiger partial charge in [-0.1, -0.05) is 24.3 Å². The molecular formula is C19H20BrN5O. The molecule has 3 aromatic rings. The maximum Gasteiger partial charge on any atom is 0.321 e. The fraction of sp³-hybridized carbons (Fsp3) is 0.263. The number of nitrogens with one attached hydrogen (secondary N) is 1. The van der Waals surface area contributed by atoms with Crippen molar-refractivity contribution < 1.29 is 4.79 Å². The normalized spacial score (nSPS) is 14.7. The number of carbonyl (C=O) groups excluding carboxylic acids is 1. The van der Waals surface area contributed by atoms with Crippen molar-refractivity contribution in [1.82, 2.24) is 14.5 Å². The highest BCUT2D eigenvalue weighted by Gasteiger charge is 2.24. The van der Waals surface area contributed by atoms with Crippen LogP contribution in [0.25, 0.3) is 11.0 Å². The SMILES string of the molecule is Cn1c(N2CCN(C(=O)Nc3ccccc3Br)CC2)nc2ccccc21. The summed E-state index contributed by atoms with van der Waals surface area (Å²) in [5, 5.41) is 2.97. The monoisotopic (exact) mass is 413 g/mol. The summed E-state index contributed by atoms with van der Waals surface area (Å²) in [5.41, 5.74) is 2.91. The van der Waals surface area contributed by atoms with E-state index >= 15 is 0 Å². The lowest BCUT2D eigenvalue weighted by atomic mass is 10.3. The number of hydrogen-bond acceptors (Lipinski definition) is 3. The first-order valence-electron chi connectivity index (χ1n) is 8.60. The number of hydrogen-bond donors (Lipinski definition) is 1. The summed E-state index contributed by atoms with van der Waals surface area (Å²) in [7, 11) is 2.04. The Morgan fingerprint density at radius 3 is 2.46 bits per heavy atom. The third-order valence-corrected chi connectivity index (χ3v) is 5.42. The molecule has 2 heterocycles. The molecule has 2 aromatic carbocycles. The van der Waals surface area contributed by atoms with Gasteiger partial charge in [0.05, 0.1) is 16.7 Å². The van der Waals surface area contributed by atoms with Gasteiger partial charge in [0.1, 0.15) is 0 Å². The number of urea groups is 1. The molecule has 2 amide bonds. The molecule has 0 aliphatic carbocycles. The smallest absolute Gasteiger partial charge is 0.321 e. The van der Waals surface area contributed by atoms with Gasteiger partial charge in [-0.2, -0.15) is 0 Å². The van der Waals surface area contributed by atoms with Gasteiger partial charge in [-0.3, -0.25) is 0 Å². The second kappa shape index (κ2) is 6.99. The third-order valence-electron chi connectivity index (χ3n) is 4.73. The zero-order chi connectivity index (χ0) is 18.1. The number of fused-ring (bicyclic) bond motifs is 1. The molecule has 6 nitrogen and oxygen atoms in total. The van der Waals surface area contributed by atoms with Crippen LogP contribution in [0.1, 0.15) is 0 Å². The van der Waals surface area contributed by atoms with Gasteiger partial charge in [0.25, 0.3) is 0 Å². The van der Waals surface area contributed by atoms with E-state index in [0.717, 1.165) is 40.2 Å². The van der Waals surface area contributed by atoms with Crippen molar-refractivity contribution in [3.05, 3.63) is 53.0 Å². The van der Waals surface area contributed by atoms with Crippen LogP contribution in [0.4, 0.5) is 16.4 Å². The maximum absolute atomic E-state index is 12.5. The number of aromatic nitrogens is 2. The number of carbonyl (C=O) groups is 1. The molecule has 134 valence electrons. The molecule has 1 N–H and O–H groups in total. The minimum atomic E-state index is -0.0680. The van der Waals surface area contributed by atoms with E-state index in [1.54, 1.807) is 0 Å². The molecule has 4 rings (SSSR count). The van der Waals surface area contributed by atoms with Gasteiger partial charge < -0.3 is 19.7 Å². The van der Waals surface area contributed by atoms with Crippen LogP contribution in [0.5, 0.6) is 0 Å². The summed E-state index contributed by atoms with van der Waals surface area (Å²) >= 11 is 3.46. The number of benzene rings is 2. The Hall–Kier alpha value is -2.54. The molecule has 0 atom stereocenters. The number of halogens is 1. The van der Waals surface area contributed by atoms with Gasteiger partial charge in [-0.05, 0) is 40.2 Å². The lowest BCUT2D eigenvalue weighted by Gasteiger charge is -2.35. The first-order chi connectivity index (χ1) is 12.6. The third kappa shape index (κ3) is 3.14. The first kappa shape index (κ1) is 16.9. The number of rotatable bonds is 2. The maximum atomic E-state index is 12.5. The summed E-state index contributed by atoms with van der Waals surface area (Å²) in [5.74, 6) is 0.956. The molecule has 0 bridgehead atoms. The van der Waals surface area contributed by atoms with Crippen LogP contribution >= 0.6 is 15.9 Å². The number of para-hydroxylation sites is 3. The summed E-state index contributed by atoms with van der Waals surface area (Å²) in [6.07, 6.45) is 0. The average Bonchev–Trinajstić information content (AvgIpc) is 3.01. The molecule has 7 heteroatoms. The largest absolute Gasteiger partial charge is 0.339 e. The van der Waals surface area contributed by atoms with Gasteiger partial charge >= 0.3 is 6.03 Å². The van der Waals surface area contributed by atoms with E-state index in [1.807, 2.05) is 54.4 Å². The molecule has 1 aromatic heterocycles. The van der Waals surface area contributed by atoms with Gasteiger partial charge in [-0.25, -0.2) is 9.78 Å². The van der Waals surface area contributed by atoms with Crippen molar-refractivity contribution in [2.24, 2.45) is 7.05 Å². The van der Waals surface area contributed by atoms with Crippen molar-refractivity contribution in [2.75, 3.05) is 36.4 Å². The van der Waals surface area contributed by atoms with Gasteiger partial charge in [0.2, 0.25) is 5.95 Å². The van der Waals surface area contributed by atoms with Gasteiger partial charge in [0.15, 0.2) is 0 Å². The number of imidazole rings is 1. The second-order valence-electron chi connectivity index (χ2n) is 6.34. The number of aryl methyl sites for hydroxylation is 1. The molecular weight excluding hydrogens is 394 g/mol. The summed E-state index contributed by atoms with van der Waals surface area (Å²) in [6, 6.07) is 15.7. The molecule has 1 aliphatic heterocycles. The lowest BCUT2D eigenvalue weighted by molar-refractivity contribution is 0.208. The Kier molecular flexibility index (Phi) is 4.55. The number of amides is 2. The highest BCUT2D eigenvalue weighted by atomic mass is 79.9. The minimum Gasteiger partial charge on any atom is -0.339 e. The fourth-order valence-electron chi connectivity index (χ4n) is 3.28. The molecule has 26 heavy (non-hydrogen) atoms.